The zero-order chi connectivity index (χ0) is 15.6. The van der Waals surface area contributed by atoms with Crippen LogP contribution in [0, 0.1) is 0 Å². The maximum Gasteiger partial charge on any atom is 0.339 e. The van der Waals surface area contributed by atoms with E-state index in [9.17, 15) is 13.2 Å². The summed E-state index contributed by atoms with van der Waals surface area (Å²) in [6.07, 6.45) is 2.72. The highest BCUT2D eigenvalue weighted by molar-refractivity contribution is 7.89. The first kappa shape index (κ1) is 15.2. The Kier molecular flexibility index (Phi) is 4.12. The first-order chi connectivity index (χ1) is 9.77. The van der Waals surface area contributed by atoms with Crippen molar-refractivity contribution in [2.24, 2.45) is 5.14 Å². The maximum atomic E-state index is 11.2. The van der Waals surface area contributed by atoms with Gasteiger partial charge in [0, 0.05) is 12.3 Å². The molecular weight excluding hydrogens is 320 g/mol. The first-order valence-corrected chi connectivity index (χ1v) is 7.38. The quantitative estimate of drug-likeness (QED) is 0.884. The number of nitrogens with two attached hydrogens (primary N) is 1. The minimum absolute atomic E-state index is 0.0565. The van der Waals surface area contributed by atoms with Gasteiger partial charge in [0.2, 0.25) is 10.0 Å². The summed E-state index contributed by atoms with van der Waals surface area (Å²) in [5, 5.41) is 14.4. The maximum absolute atomic E-state index is 11.2. The molecule has 3 N–H and O–H groups in total. The standard InChI is InChI=1S/C12H9ClN2O5S/c13-7-3-8(6-15-5-7)20-11-2-1-9(21(14,18)19)4-10(11)12(16)17/h1-6H,(H,16,17)(H2,14,18,19). The number of carbonyl (C=O) groups is 1. The number of rotatable bonds is 4. The van der Waals surface area contributed by atoms with Crippen LogP contribution < -0.4 is 9.88 Å². The second-order valence-corrected chi connectivity index (χ2v) is 5.95. The number of hydrogen-bond acceptors (Lipinski definition) is 5. The van der Waals surface area contributed by atoms with Crippen LogP contribution >= 0.6 is 11.6 Å². The molecule has 9 heteroatoms. The Labute approximate surface area is 125 Å². The molecule has 0 radical (unpaired) electrons. The number of benzene rings is 1. The smallest absolute Gasteiger partial charge is 0.339 e. The Hall–Kier alpha value is -2.16. The van der Waals surface area contributed by atoms with Crippen LogP contribution in [0.2, 0.25) is 5.02 Å². The summed E-state index contributed by atoms with van der Waals surface area (Å²) in [6, 6.07) is 4.71. The van der Waals surface area contributed by atoms with Crippen LogP contribution in [0.3, 0.4) is 0 Å². The predicted molar refractivity (Wildman–Crippen MR) is 74.1 cm³/mol. The van der Waals surface area contributed by atoms with Gasteiger partial charge in [-0.2, -0.15) is 0 Å². The van der Waals surface area contributed by atoms with E-state index < -0.39 is 16.0 Å². The highest BCUT2D eigenvalue weighted by Gasteiger charge is 2.17. The lowest BCUT2D eigenvalue weighted by Gasteiger charge is -2.09. The summed E-state index contributed by atoms with van der Waals surface area (Å²) in [6.45, 7) is 0. The van der Waals surface area contributed by atoms with Gasteiger partial charge in [0.25, 0.3) is 0 Å². The third-order valence-corrected chi connectivity index (χ3v) is 3.54. The topological polar surface area (TPSA) is 120 Å². The third-order valence-electron chi connectivity index (χ3n) is 2.42. The summed E-state index contributed by atoms with van der Waals surface area (Å²) < 4.78 is 27.8. The molecule has 2 rings (SSSR count). The number of aromatic nitrogens is 1. The van der Waals surface area contributed by atoms with Gasteiger partial charge >= 0.3 is 5.97 Å². The number of carboxylic acid groups (broad SMARTS) is 1. The van der Waals surface area contributed by atoms with Crippen molar-refractivity contribution in [3.63, 3.8) is 0 Å². The lowest BCUT2D eigenvalue weighted by atomic mass is 10.2. The molecule has 1 heterocycles. The van der Waals surface area contributed by atoms with Gasteiger partial charge in [0.1, 0.15) is 17.1 Å². The number of ether oxygens (including phenoxy) is 1. The molecule has 110 valence electrons. The minimum Gasteiger partial charge on any atom is -0.478 e. The molecule has 7 nitrogen and oxygen atoms in total. The summed E-state index contributed by atoms with van der Waals surface area (Å²) in [5.74, 6) is -1.20. The number of nitrogens with zero attached hydrogens (tertiary/aromatic N) is 1. The molecule has 0 atom stereocenters. The fraction of sp³-hybridized carbons (Fsp3) is 0. The van der Waals surface area contributed by atoms with Gasteiger partial charge in [-0.3, -0.25) is 4.98 Å². The van der Waals surface area contributed by atoms with Crippen molar-refractivity contribution in [2.75, 3.05) is 0 Å². The Bertz CT molecular complexity index is 807. The lowest BCUT2D eigenvalue weighted by Crippen LogP contribution is -2.13. The van der Waals surface area contributed by atoms with E-state index in [1.165, 1.54) is 24.5 Å². The van der Waals surface area contributed by atoms with Crippen molar-refractivity contribution in [1.29, 1.82) is 0 Å². The summed E-state index contributed by atoms with van der Waals surface area (Å²) >= 11 is 5.74. The van der Waals surface area contributed by atoms with Crippen molar-refractivity contribution in [1.82, 2.24) is 4.98 Å². The average Bonchev–Trinajstić information content (AvgIpc) is 2.37. The number of primary sulfonamides is 1. The monoisotopic (exact) mass is 328 g/mol. The summed E-state index contributed by atoms with van der Waals surface area (Å²) in [4.78, 5) is 14.7. The molecule has 1 aromatic heterocycles. The van der Waals surface area contributed by atoms with E-state index in [2.05, 4.69) is 4.98 Å². The normalized spacial score (nSPS) is 11.1. The van der Waals surface area contributed by atoms with Gasteiger partial charge in [-0.1, -0.05) is 11.6 Å². The number of halogens is 1. The summed E-state index contributed by atoms with van der Waals surface area (Å²) in [5.41, 5.74) is -0.346. The Balaban J connectivity index is 2.47. The summed E-state index contributed by atoms with van der Waals surface area (Å²) in [7, 11) is -4.01. The van der Waals surface area contributed by atoms with Crippen LogP contribution in [0.5, 0.6) is 11.5 Å². The van der Waals surface area contributed by atoms with E-state index in [4.69, 9.17) is 26.6 Å². The van der Waals surface area contributed by atoms with E-state index in [1.54, 1.807) is 0 Å². The van der Waals surface area contributed by atoms with E-state index in [0.717, 1.165) is 12.1 Å². The zero-order valence-corrected chi connectivity index (χ0v) is 11.9. The van der Waals surface area contributed by atoms with Crippen molar-refractivity contribution in [3.8, 4) is 11.5 Å². The van der Waals surface area contributed by atoms with Crippen LogP contribution in [-0.2, 0) is 10.0 Å². The predicted octanol–water partition coefficient (Wildman–Crippen LogP) is 1.87. The second kappa shape index (κ2) is 5.68. The Morgan fingerprint density at radius 3 is 2.57 bits per heavy atom. The lowest BCUT2D eigenvalue weighted by molar-refractivity contribution is 0.0694. The molecule has 0 amide bonds. The van der Waals surface area contributed by atoms with E-state index in [-0.39, 0.29) is 22.0 Å². The van der Waals surface area contributed by atoms with Crippen LogP contribution in [0.25, 0.3) is 0 Å². The molecule has 0 aliphatic heterocycles. The molecule has 0 spiro atoms. The van der Waals surface area contributed by atoms with Gasteiger partial charge in [-0.25, -0.2) is 18.4 Å². The molecular formula is C12H9ClN2O5S. The molecule has 2 aromatic rings. The molecule has 0 aliphatic rings. The van der Waals surface area contributed by atoms with E-state index in [1.807, 2.05) is 0 Å². The van der Waals surface area contributed by atoms with E-state index in [0.29, 0.717) is 5.02 Å². The molecule has 0 saturated carbocycles. The van der Waals surface area contributed by atoms with Gasteiger partial charge in [0.15, 0.2) is 0 Å². The molecule has 0 saturated heterocycles. The van der Waals surface area contributed by atoms with Crippen LogP contribution in [-0.4, -0.2) is 24.5 Å². The molecule has 0 unspecified atom stereocenters. The largest absolute Gasteiger partial charge is 0.478 e. The van der Waals surface area contributed by atoms with Gasteiger partial charge in [-0.05, 0) is 18.2 Å². The van der Waals surface area contributed by atoms with E-state index >= 15 is 0 Å². The van der Waals surface area contributed by atoms with Gasteiger partial charge in [0.05, 0.1) is 16.1 Å². The van der Waals surface area contributed by atoms with Gasteiger partial charge < -0.3 is 9.84 Å². The van der Waals surface area contributed by atoms with Crippen molar-refractivity contribution < 1.29 is 23.1 Å². The highest BCUT2D eigenvalue weighted by Crippen LogP contribution is 2.28. The number of sulfonamides is 1. The average molecular weight is 329 g/mol. The number of carboxylic acids is 1. The number of aromatic carboxylic acids is 1. The highest BCUT2D eigenvalue weighted by atomic mass is 35.5. The first-order valence-electron chi connectivity index (χ1n) is 5.46. The Morgan fingerprint density at radius 2 is 2.00 bits per heavy atom. The van der Waals surface area contributed by atoms with Crippen LogP contribution in [0.1, 0.15) is 10.4 Å². The van der Waals surface area contributed by atoms with Gasteiger partial charge in [-0.15, -0.1) is 0 Å². The van der Waals surface area contributed by atoms with Crippen molar-refractivity contribution in [2.45, 2.75) is 4.90 Å². The van der Waals surface area contributed by atoms with Crippen molar-refractivity contribution >= 4 is 27.6 Å². The number of hydrogen-bond donors (Lipinski definition) is 2. The fourth-order valence-electron chi connectivity index (χ4n) is 1.52. The SMILES string of the molecule is NS(=O)(=O)c1ccc(Oc2cncc(Cl)c2)c(C(=O)O)c1. The molecule has 21 heavy (non-hydrogen) atoms. The molecule has 1 aromatic carbocycles. The molecule has 0 bridgehead atoms. The Morgan fingerprint density at radius 1 is 1.29 bits per heavy atom. The number of pyridine rings is 1. The van der Waals surface area contributed by atoms with Crippen LogP contribution in [0.15, 0.2) is 41.6 Å². The molecule has 0 fully saturated rings. The minimum atomic E-state index is -4.01. The van der Waals surface area contributed by atoms with Crippen LogP contribution in [0.4, 0.5) is 0 Å². The van der Waals surface area contributed by atoms with Crippen molar-refractivity contribution in [3.05, 3.63) is 47.2 Å². The molecule has 0 aliphatic carbocycles. The fourth-order valence-corrected chi connectivity index (χ4v) is 2.22. The zero-order valence-electron chi connectivity index (χ0n) is 10.4. The second-order valence-electron chi connectivity index (χ2n) is 3.95. The third kappa shape index (κ3) is 3.69.